The number of furan rings is 1. The largest absolute Gasteiger partial charge is 0.466 e. The van der Waals surface area contributed by atoms with Gasteiger partial charge in [0.25, 0.3) is 5.91 Å². The third kappa shape index (κ3) is 3.24. The number of hydrogen-bond acceptors (Lipinski definition) is 4. The molecule has 0 aliphatic carbocycles. The third-order valence-corrected chi connectivity index (χ3v) is 5.19. The van der Waals surface area contributed by atoms with Gasteiger partial charge in [0.1, 0.15) is 5.76 Å². The summed E-state index contributed by atoms with van der Waals surface area (Å²) in [5.74, 6) is 0.131. The molecule has 23 heavy (non-hydrogen) atoms. The summed E-state index contributed by atoms with van der Waals surface area (Å²) >= 11 is 4.76. The first kappa shape index (κ1) is 16.0. The van der Waals surface area contributed by atoms with Crippen molar-refractivity contribution in [2.24, 2.45) is 0 Å². The van der Waals surface area contributed by atoms with Crippen LogP contribution in [-0.4, -0.2) is 17.6 Å². The van der Waals surface area contributed by atoms with E-state index in [1.807, 2.05) is 23.6 Å². The van der Waals surface area contributed by atoms with Crippen LogP contribution in [0.25, 0.3) is 0 Å². The summed E-state index contributed by atoms with van der Waals surface area (Å²) in [6.07, 6.45) is 1.50. The van der Waals surface area contributed by atoms with Gasteiger partial charge in [-0.2, -0.15) is 0 Å². The highest BCUT2D eigenvalue weighted by Gasteiger charge is 2.36. The molecular formula is C17H14BrNO3S. The van der Waals surface area contributed by atoms with Crippen molar-refractivity contribution in [1.29, 1.82) is 0 Å². The Labute approximate surface area is 145 Å². The minimum Gasteiger partial charge on any atom is -0.466 e. The lowest BCUT2D eigenvalue weighted by molar-refractivity contribution is 0.0554. The van der Waals surface area contributed by atoms with E-state index in [4.69, 9.17) is 4.42 Å². The summed E-state index contributed by atoms with van der Waals surface area (Å²) in [7, 11) is 0. The third-order valence-electron chi connectivity index (χ3n) is 3.48. The molecule has 0 bridgehead atoms. The summed E-state index contributed by atoms with van der Waals surface area (Å²) in [5, 5.41) is 15.7. The van der Waals surface area contributed by atoms with Gasteiger partial charge in [-0.1, -0.05) is 18.2 Å². The Bertz CT molecular complexity index is 750. The van der Waals surface area contributed by atoms with E-state index in [1.165, 1.54) is 17.6 Å². The monoisotopic (exact) mass is 391 g/mol. The van der Waals surface area contributed by atoms with Gasteiger partial charge in [0.05, 0.1) is 18.4 Å². The van der Waals surface area contributed by atoms with E-state index in [2.05, 4.69) is 21.2 Å². The minimum absolute atomic E-state index is 0.0151. The maximum Gasteiger partial charge on any atom is 0.252 e. The zero-order valence-electron chi connectivity index (χ0n) is 12.0. The number of amides is 1. The average Bonchev–Trinajstić information content (AvgIpc) is 3.25. The molecule has 3 rings (SSSR count). The van der Waals surface area contributed by atoms with E-state index in [0.29, 0.717) is 20.7 Å². The van der Waals surface area contributed by atoms with Gasteiger partial charge >= 0.3 is 0 Å². The Balaban J connectivity index is 1.84. The molecule has 0 aliphatic heterocycles. The molecule has 0 spiro atoms. The second kappa shape index (κ2) is 6.70. The number of rotatable bonds is 5. The predicted molar refractivity (Wildman–Crippen MR) is 92.5 cm³/mol. The summed E-state index contributed by atoms with van der Waals surface area (Å²) < 4.78 is 6.08. The number of hydrogen-bond donors (Lipinski definition) is 2. The second-order valence-electron chi connectivity index (χ2n) is 4.98. The number of carbonyl (C=O) groups excluding carboxylic acids is 1. The molecule has 0 saturated heterocycles. The molecule has 6 heteroatoms. The summed E-state index contributed by atoms with van der Waals surface area (Å²) in [4.78, 5) is 13.1. The normalized spacial score (nSPS) is 13.5. The highest BCUT2D eigenvalue weighted by molar-refractivity contribution is 9.10. The second-order valence-corrected chi connectivity index (χ2v) is 6.78. The van der Waals surface area contributed by atoms with Crippen molar-refractivity contribution < 1.29 is 14.3 Å². The van der Waals surface area contributed by atoms with Crippen LogP contribution in [0.4, 0.5) is 0 Å². The Kier molecular flexibility index (Phi) is 4.66. The van der Waals surface area contributed by atoms with Gasteiger partial charge in [-0.05, 0) is 51.6 Å². The van der Waals surface area contributed by atoms with Gasteiger partial charge in [0.15, 0.2) is 5.60 Å². The molecule has 2 heterocycles. The highest BCUT2D eigenvalue weighted by Crippen LogP contribution is 2.32. The molecule has 0 radical (unpaired) electrons. The molecule has 118 valence electrons. The fraction of sp³-hybridized carbons (Fsp3) is 0.118. The lowest BCUT2D eigenvalue weighted by atomic mass is 9.98. The van der Waals surface area contributed by atoms with E-state index in [9.17, 15) is 9.90 Å². The zero-order chi connectivity index (χ0) is 16.3. The molecule has 1 amide bonds. The maximum atomic E-state index is 12.4. The van der Waals surface area contributed by atoms with Crippen LogP contribution in [0.15, 0.2) is 69.1 Å². The van der Waals surface area contributed by atoms with Crippen LogP contribution in [0.2, 0.25) is 0 Å². The summed E-state index contributed by atoms with van der Waals surface area (Å²) in [5.41, 5.74) is -0.880. The maximum absolute atomic E-state index is 12.4. The molecule has 0 fully saturated rings. The van der Waals surface area contributed by atoms with Crippen molar-refractivity contribution in [3.8, 4) is 0 Å². The molecule has 0 aliphatic rings. The van der Waals surface area contributed by atoms with Crippen molar-refractivity contribution in [1.82, 2.24) is 5.32 Å². The van der Waals surface area contributed by atoms with Crippen LogP contribution in [0.1, 0.15) is 21.0 Å². The van der Waals surface area contributed by atoms with Crippen LogP contribution in [0.5, 0.6) is 0 Å². The molecule has 1 aromatic carbocycles. The topological polar surface area (TPSA) is 62.5 Å². The lowest BCUT2D eigenvalue weighted by Crippen LogP contribution is -2.41. The molecule has 1 atom stereocenters. The first-order valence-electron chi connectivity index (χ1n) is 6.94. The number of nitrogens with one attached hydrogen (secondary N) is 1. The predicted octanol–water partition coefficient (Wildman–Crippen LogP) is 3.77. The minimum atomic E-state index is -1.39. The number of halogens is 1. The Morgan fingerprint density at radius 3 is 2.70 bits per heavy atom. The molecule has 4 nitrogen and oxygen atoms in total. The standard InChI is InChI=1S/C17H14BrNO3S/c18-13-6-2-1-5-12(13)16(20)19-11-17(21,14-7-3-9-22-14)15-8-4-10-23-15/h1-10,21H,11H2,(H,19,20)/t17-/m1/s1. The van der Waals surface area contributed by atoms with Gasteiger partial charge in [-0.3, -0.25) is 4.79 Å². The number of aliphatic hydroxyl groups is 1. The van der Waals surface area contributed by atoms with Crippen LogP contribution < -0.4 is 5.32 Å². The van der Waals surface area contributed by atoms with E-state index in [0.717, 1.165) is 0 Å². The van der Waals surface area contributed by atoms with Gasteiger partial charge in [-0.25, -0.2) is 0 Å². The first-order chi connectivity index (χ1) is 11.1. The fourth-order valence-electron chi connectivity index (χ4n) is 2.27. The van der Waals surface area contributed by atoms with Crippen LogP contribution in [-0.2, 0) is 5.60 Å². The van der Waals surface area contributed by atoms with Crippen LogP contribution in [0, 0.1) is 0 Å². The van der Waals surface area contributed by atoms with Gasteiger partial charge in [0.2, 0.25) is 0 Å². The molecule has 3 aromatic rings. The van der Waals surface area contributed by atoms with Crippen molar-refractivity contribution >= 4 is 33.2 Å². The van der Waals surface area contributed by atoms with Crippen molar-refractivity contribution in [3.05, 3.63) is 80.8 Å². The number of benzene rings is 1. The van der Waals surface area contributed by atoms with E-state index < -0.39 is 5.60 Å². The molecule has 2 N–H and O–H groups in total. The van der Waals surface area contributed by atoms with Crippen LogP contribution >= 0.6 is 27.3 Å². The van der Waals surface area contributed by atoms with Gasteiger partial charge in [-0.15, -0.1) is 11.3 Å². The number of carbonyl (C=O) groups is 1. The summed E-state index contributed by atoms with van der Waals surface area (Å²) in [6, 6.07) is 14.2. The van der Waals surface area contributed by atoms with Crippen LogP contribution in [0.3, 0.4) is 0 Å². The highest BCUT2D eigenvalue weighted by atomic mass is 79.9. The van der Waals surface area contributed by atoms with E-state index in [1.54, 1.807) is 30.3 Å². The Morgan fingerprint density at radius 1 is 1.22 bits per heavy atom. The molecule has 0 unspecified atom stereocenters. The van der Waals surface area contributed by atoms with Crippen molar-refractivity contribution in [2.75, 3.05) is 6.54 Å². The zero-order valence-corrected chi connectivity index (χ0v) is 14.4. The Hall–Kier alpha value is -1.89. The Morgan fingerprint density at radius 2 is 2.04 bits per heavy atom. The SMILES string of the molecule is O=C(NC[C@@](O)(c1ccco1)c1cccs1)c1ccccc1Br. The van der Waals surface area contributed by atoms with Gasteiger partial charge in [0, 0.05) is 9.35 Å². The van der Waals surface area contributed by atoms with Gasteiger partial charge < -0.3 is 14.8 Å². The fourth-order valence-corrected chi connectivity index (χ4v) is 3.57. The smallest absolute Gasteiger partial charge is 0.252 e. The lowest BCUT2D eigenvalue weighted by Gasteiger charge is -2.25. The first-order valence-corrected chi connectivity index (χ1v) is 8.61. The summed E-state index contributed by atoms with van der Waals surface area (Å²) in [6.45, 7) is 0.0151. The molecule has 0 saturated carbocycles. The molecular weight excluding hydrogens is 378 g/mol. The molecule has 2 aromatic heterocycles. The van der Waals surface area contributed by atoms with E-state index in [-0.39, 0.29) is 12.5 Å². The van der Waals surface area contributed by atoms with Crippen molar-refractivity contribution in [3.63, 3.8) is 0 Å². The quantitative estimate of drug-likeness (QED) is 0.695. The average molecular weight is 392 g/mol. The number of thiophene rings is 1. The van der Waals surface area contributed by atoms with E-state index >= 15 is 0 Å². The van der Waals surface area contributed by atoms with Crippen molar-refractivity contribution in [2.45, 2.75) is 5.60 Å².